The topological polar surface area (TPSA) is 111 Å². The Hall–Kier alpha value is -3.92. The molecule has 0 aliphatic heterocycles. The average Bonchev–Trinajstić information content (AvgIpc) is 2.82. The molecule has 0 aliphatic rings. The van der Waals surface area contributed by atoms with Gasteiger partial charge in [0.1, 0.15) is 18.2 Å². The second kappa shape index (κ2) is 11.1. The summed E-state index contributed by atoms with van der Waals surface area (Å²) in [4.78, 5) is 23.9. The van der Waals surface area contributed by atoms with Crippen molar-refractivity contribution >= 4 is 27.6 Å². The van der Waals surface area contributed by atoms with Gasteiger partial charge in [-0.3, -0.25) is 9.52 Å². The van der Waals surface area contributed by atoms with Crippen molar-refractivity contribution in [2.24, 2.45) is 0 Å². The summed E-state index contributed by atoms with van der Waals surface area (Å²) in [5, 5.41) is 2.55. The Morgan fingerprint density at radius 2 is 1.64 bits per heavy atom. The van der Waals surface area contributed by atoms with E-state index in [4.69, 9.17) is 9.47 Å². The van der Waals surface area contributed by atoms with Crippen molar-refractivity contribution in [1.82, 2.24) is 5.32 Å². The van der Waals surface area contributed by atoms with E-state index in [0.717, 1.165) is 18.2 Å². The molecule has 0 heterocycles. The van der Waals surface area contributed by atoms with Crippen LogP contribution >= 0.6 is 0 Å². The molecule has 33 heavy (non-hydrogen) atoms. The minimum absolute atomic E-state index is 0.0443. The first-order valence-corrected chi connectivity index (χ1v) is 11.3. The molecule has 3 aromatic carbocycles. The summed E-state index contributed by atoms with van der Waals surface area (Å²) in [5.74, 6) is -1.22. The highest BCUT2D eigenvalue weighted by Gasteiger charge is 2.18. The van der Waals surface area contributed by atoms with E-state index in [0.29, 0.717) is 5.75 Å². The van der Waals surface area contributed by atoms with Crippen LogP contribution < -0.4 is 14.8 Å². The molecule has 0 unspecified atom stereocenters. The van der Waals surface area contributed by atoms with Crippen molar-refractivity contribution in [3.8, 4) is 5.75 Å². The lowest BCUT2D eigenvalue weighted by molar-refractivity contribution is -0.124. The molecule has 0 spiro atoms. The van der Waals surface area contributed by atoms with E-state index in [-0.39, 0.29) is 29.3 Å². The lowest BCUT2D eigenvalue weighted by atomic mass is 10.2. The van der Waals surface area contributed by atoms with E-state index >= 15 is 0 Å². The fourth-order valence-corrected chi connectivity index (χ4v) is 3.77. The predicted molar refractivity (Wildman–Crippen MR) is 119 cm³/mol. The van der Waals surface area contributed by atoms with Crippen LogP contribution in [-0.2, 0) is 19.6 Å². The second-order valence-electron chi connectivity index (χ2n) is 6.73. The van der Waals surface area contributed by atoms with Gasteiger partial charge in [0.2, 0.25) is 0 Å². The number of halogens is 1. The molecule has 3 rings (SSSR count). The van der Waals surface area contributed by atoms with Gasteiger partial charge in [-0.1, -0.05) is 24.3 Å². The number of sulfonamides is 1. The Labute approximate surface area is 190 Å². The summed E-state index contributed by atoms with van der Waals surface area (Å²) in [6.07, 6.45) is 0. The molecule has 0 bridgehead atoms. The molecule has 8 nitrogen and oxygen atoms in total. The van der Waals surface area contributed by atoms with E-state index in [9.17, 15) is 22.4 Å². The SMILES string of the molecule is O=C(COC(=O)c1cccc(S(=O)(=O)Nc2ccc(F)cc2)c1)NCCOc1ccccc1. The second-order valence-corrected chi connectivity index (χ2v) is 8.41. The first kappa shape index (κ1) is 23.7. The van der Waals surface area contributed by atoms with Crippen LogP contribution in [0, 0.1) is 5.82 Å². The quantitative estimate of drug-likeness (QED) is 0.347. The molecular formula is C23H21FN2O6S. The number of rotatable bonds is 10. The van der Waals surface area contributed by atoms with Gasteiger partial charge in [-0.05, 0) is 54.6 Å². The number of carbonyl (C=O) groups is 2. The largest absolute Gasteiger partial charge is 0.492 e. The Balaban J connectivity index is 1.49. The van der Waals surface area contributed by atoms with Crippen molar-refractivity contribution in [3.05, 3.63) is 90.2 Å². The highest BCUT2D eigenvalue weighted by molar-refractivity contribution is 7.92. The zero-order chi connectivity index (χ0) is 23.7. The zero-order valence-corrected chi connectivity index (χ0v) is 18.2. The molecule has 0 aromatic heterocycles. The molecule has 0 radical (unpaired) electrons. The molecule has 0 fully saturated rings. The number of anilines is 1. The molecule has 0 saturated carbocycles. The van der Waals surface area contributed by atoms with Crippen molar-refractivity contribution in [3.63, 3.8) is 0 Å². The van der Waals surface area contributed by atoms with Gasteiger partial charge in [-0.15, -0.1) is 0 Å². The number of nitrogens with one attached hydrogen (secondary N) is 2. The van der Waals surface area contributed by atoms with Crippen LogP contribution in [0.25, 0.3) is 0 Å². The fraction of sp³-hybridized carbons (Fsp3) is 0.130. The highest BCUT2D eigenvalue weighted by Crippen LogP contribution is 2.18. The molecule has 10 heteroatoms. The lowest BCUT2D eigenvalue weighted by Crippen LogP contribution is -2.32. The van der Waals surface area contributed by atoms with Crippen molar-refractivity contribution in [2.45, 2.75) is 4.90 Å². The van der Waals surface area contributed by atoms with Gasteiger partial charge >= 0.3 is 5.97 Å². The van der Waals surface area contributed by atoms with E-state index in [1.807, 2.05) is 18.2 Å². The molecule has 2 N–H and O–H groups in total. The van der Waals surface area contributed by atoms with Gasteiger partial charge in [-0.25, -0.2) is 17.6 Å². The Morgan fingerprint density at radius 3 is 2.36 bits per heavy atom. The summed E-state index contributed by atoms with van der Waals surface area (Å²) >= 11 is 0. The maximum Gasteiger partial charge on any atom is 0.338 e. The third-order valence-electron chi connectivity index (χ3n) is 4.25. The monoisotopic (exact) mass is 472 g/mol. The lowest BCUT2D eigenvalue weighted by Gasteiger charge is -2.10. The third kappa shape index (κ3) is 7.32. The van der Waals surface area contributed by atoms with Crippen LogP contribution in [0.2, 0.25) is 0 Å². The molecule has 172 valence electrons. The van der Waals surface area contributed by atoms with Crippen molar-refractivity contribution in [1.29, 1.82) is 0 Å². The van der Waals surface area contributed by atoms with Crippen LogP contribution in [0.5, 0.6) is 5.75 Å². The van der Waals surface area contributed by atoms with Crippen LogP contribution in [0.1, 0.15) is 10.4 Å². The normalized spacial score (nSPS) is 10.8. The van der Waals surface area contributed by atoms with Crippen molar-refractivity contribution in [2.75, 3.05) is 24.5 Å². The molecular weight excluding hydrogens is 451 g/mol. The summed E-state index contributed by atoms with van der Waals surface area (Å²) in [6.45, 7) is -0.0757. The van der Waals surface area contributed by atoms with Gasteiger partial charge in [0.25, 0.3) is 15.9 Å². The number of para-hydroxylation sites is 1. The van der Waals surface area contributed by atoms with E-state index in [1.54, 1.807) is 12.1 Å². The van der Waals surface area contributed by atoms with E-state index < -0.39 is 34.3 Å². The van der Waals surface area contributed by atoms with E-state index in [2.05, 4.69) is 10.0 Å². The van der Waals surface area contributed by atoms with Gasteiger partial charge in [0, 0.05) is 5.69 Å². The molecule has 3 aromatic rings. The maximum atomic E-state index is 13.0. The number of hydrogen-bond acceptors (Lipinski definition) is 6. The fourth-order valence-electron chi connectivity index (χ4n) is 2.66. The Morgan fingerprint density at radius 1 is 0.909 bits per heavy atom. The van der Waals surface area contributed by atoms with Gasteiger partial charge in [-0.2, -0.15) is 0 Å². The summed E-state index contributed by atoms with van der Waals surface area (Å²) in [5.41, 5.74) is 0.120. The van der Waals surface area contributed by atoms with Crippen LogP contribution in [-0.4, -0.2) is 40.1 Å². The number of ether oxygens (including phenoxy) is 2. The minimum Gasteiger partial charge on any atom is -0.492 e. The predicted octanol–water partition coefficient (Wildman–Crippen LogP) is 2.98. The highest BCUT2D eigenvalue weighted by atomic mass is 32.2. The maximum absolute atomic E-state index is 13.0. The Kier molecular flexibility index (Phi) is 7.98. The van der Waals surface area contributed by atoms with Gasteiger partial charge in [0.15, 0.2) is 6.61 Å². The number of amides is 1. The van der Waals surface area contributed by atoms with Crippen LogP contribution in [0.4, 0.5) is 10.1 Å². The standard InChI is InChI=1S/C23H21FN2O6S/c24-18-9-11-19(12-10-18)26-33(29,30)21-8-4-5-17(15-21)23(28)32-16-22(27)25-13-14-31-20-6-2-1-3-7-20/h1-12,15,26H,13-14,16H2,(H,25,27). The molecule has 0 saturated heterocycles. The number of hydrogen-bond donors (Lipinski definition) is 2. The third-order valence-corrected chi connectivity index (χ3v) is 5.63. The smallest absolute Gasteiger partial charge is 0.338 e. The summed E-state index contributed by atoms with van der Waals surface area (Å²) in [6, 6.07) is 19.0. The first-order valence-electron chi connectivity index (χ1n) is 9.83. The minimum atomic E-state index is -4.02. The van der Waals surface area contributed by atoms with Crippen LogP contribution in [0.15, 0.2) is 83.8 Å². The number of benzene rings is 3. The molecule has 0 atom stereocenters. The van der Waals surface area contributed by atoms with E-state index in [1.165, 1.54) is 30.3 Å². The van der Waals surface area contributed by atoms with Gasteiger partial charge in [0.05, 0.1) is 17.0 Å². The van der Waals surface area contributed by atoms with Crippen molar-refractivity contribution < 1.29 is 31.9 Å². The summed E-state index contributed by atoms with van der Waals surface area (Å²) < 4.78 is 50.8. The molecule has 0 aliphatic carbocycles. The number of carbonyl (C=O) groups excluding carboxylic acids is 2. The first-order chi connectivity index (χ1) is 15.8. The zero-order valence-electron chi connectivity index (χ0n) is 17.4. The van der Waals surface area contributed by atoms with Crippen LogP contribution in [0.3, 0.4) is 0 Å². The molecule has 1 amide bonds. The van der Waals surface area contributed by atoms with Gasteiger partial charge < -0.3 is 14.8 Å². The number of esters is 1. The summed E-state index contributed by atoms with van der Waals surface area (Å²) in [7, 11) is -4.02. The average molecular weight is 472 g/mol. The Bertz CT molecular complexity index is 1200.